The topological polar surface area (TPSA) is 61.2 Å². The van der Waals surface area contributed by atoms with Crippen molar-refractivity contribution in [2.45, 2.75) is 33.7 Å². The molecule has 5 heteroatoms. The average molecular weight is 338 g/mol. The Morgan fingerprint density at radius 2 is 2.00 bits per heavy atom. The zero-order chi connectivity index (χ0) is 18.0. The molecule has 0 radical (unpaired) electrons. The van der Waals surface area contributed by atoms with E-state index in [2.05, 4.69) is 4.98 Å². The first-order valence-electron chi connectivity index (χ1n) is 8.58. The lowest BCUT2D eigenvalue weighted by molar-refractivity contribution is -0.112. The predicted molar refractivity (Wildman–Crippen MR) is 95.7 cm³/mol. The minimum absolute atomic E-state index is 0.0149. The molecular formula is C20H22N2O3. The van der Waals surface area contributed by atoms with Gasteiger partial charge in [0.05, 0.1) is 18.4 Å². The Kier molecular flexibility index (Phi) is 4.83. The van der Waals surface area contributed by atoms with Crippen molar-refractivity contribution in [3.63, 3.8) is 0 Å². The maximum atomic E-state index is 12.7. The molecule has 0 spiro atoms. The fraction of sp³-hybridized carbons (Fsp3) is 0.350. The molecule has 130 valence electrons. The molecule has 3 rings (SSSR count). The van der Waals surface area contributed by atoms with Gasteiger partial charge in [0.25, 0.3) is 0 Å². The molecule has 0 N–H and O–H groups in total. The molecule has 0 aliphatic heterocycles. The molecule has 0 unspecified atom stereocenters. The van der Waals surface area contributed by atoms with Gasteiger partial charge in [-0.15, -0.1) is 0 Å². The van der Waals surface area contributed by atoms with Crippen LogP contribution in [0.25, 0.3) is 6.08 Å². The lowest BCUT2D eigenvalue weighted by atomic mass is 9.83. The lowest BCUT2D eigenvalue weighted by Gasteiger charge is -2.21. The third-order valence-electron chi connectivity index (χ3n) is 4.44. The second kappa shape index (κ2) is 7.05. The Hall–Kier alpha value is -2.69. The van der Waals surface area contributed by atoms with Gasteiger partial charge in [-0.2, -0.15) is 0 Å². The van der Waals surface area contributed by atoms with Crippen molar-refractivity contribution in [3.05, 3.63) is 53.1 Å². The Labute approximate surface area is 147 Å². The van der Waals surface area contributed by atoms with Crippen LogP contribution in [0.3, 0.4) is 0 Å². The summed E-state index contributed by atoms with van der Waals surface area (Å²) >= 11 is 0. The maximum absolute atomic E-state index is 12.7. The van der Waals surface area contributed by atoms with E-state index < -0.39 is 11.6 Å². The van der Waals surface area contributed by atoms with Crippen LogP contribution in [0.2, 0.25) is 0 Å². The number of ketones is 2. The van der Waals surface area contributed by atoms with Crippen LogP contribution < -0.4 is 4.74 Å². The number of carbonyl (C=O) groups is 2. The number of aryl methyl sites for hydroxylation is 1. The van der Waals surface area contributed by atoms with Crippen LogP contribution in [0.15, 0.2) is 36.4 Å². The van der Waals surface area contributed by atoms with E-state index in [9.17, 15) is 9.59 Å². The Morgan fingerprint density at radius 1 is 1.20 bits per heavy atom. The maximum Gasteiger partial charge on any atom is 0.237 e. The van der Waals surface area contributed by atoms with Crippen molar-refractivity contribution in [1.29, 1.82) is 0 Å². The molecule has 1 aromatic heterocycles. The summed E-state index contributed by atoms with van der Waals surface area (Å²) in [6, 6.07) is 3.88. The normalized spacial score (nSPS) is 13.8. The van der Waals surface area contributed by atoms with Crippen LogP contribution in [-0.4, -0.2) is 27.7 Å². The third-order valence-corrected chi connectivity index (χ3v) is 4.44. The third kappa shape index (κ3) is 3.27. The van der Waals surface area contributed by atoms with E-state index in [4.69, 9.17) is 4.74 Å². The molecular weight excluding hydrogens is 316 g/mol. The molecule has 0 amide bonds. The summed E-state index contributed by atoms with van der Waals surface area (Å²) in [7, 11) is 0. The molecule has 25 heavy (non-hydrogen) atoms. The van der Waals surface area contributed by atoms with E-state index in [0.29, 0.717) is 30.0 Å². The van der Waals surface area contributed by atoms with Crippen LogP contribution in [0, 0.1) is 5.92 Å². The predicted octanol–water partition coefficient (Wildman–Crippen LogP) is 3.33. The number of hydrogen-bond donors (Lipinski definition) is 0. The highest BCUT2D eigenvalue weighted by molar-refractivity contribution is 6.52. The van der Waals surface area contributed by atoms with E-state index in [1.54, 1.807) is 12.5 Å². The summed E-state index contributed by atoms with van der Waals surface area (Å²) in [5.41, 5.74) is 2.67. The van der Waals surface area contributed by atoms with E-state index in [1.165, 1.54) is 0 Å². The van der Waals surface area contributed by atoms with Gasteiger partial charge in [-0.1, -0.05) is 32.9 Å². The molecule has 1 aliphatic rings. The highest BCUT2D eigenvalue weighted by Gasteiger charge is 2.32. The highest BCUT2D eigenvalue weighted by atomic mass is 16.5. The zero-order valence-electron chi connectivity index (χ0n) is 14.8. The van der Waals surface area contributed by atoms with E-state index in [0.717, 1.165) is 17.5 Å². The summed E-state index contributed by atoms with van der Waals surface area (Å²) in [5.74, 6) is -0.331. The van der Waals surface area contributed by atoms with Crippen molar-refractivity contribution in [3.8, 4) is 5.75 Å². The number of imidazole rings is 1. The first kappa shape index (κ1) is 17.1. The number of allylic oxidation sites excluding steroid dienone is 1. The van der Waals surface area contributed by atoms with E-state index in [1.807, 2.05) is 49.7 Å². The highest BCUT2D eigenvalue weighted by Crippen LogP contribution is 2.35. The minimum Gasteiger partial charge on any atom is -0.491 e. The Balaban J connectivity index is 1.96. The minimum atomic E-state index is -0.464. The fourth-order valence-corrected chi connectivity index (χ4v) is 3.02. The van der Waals surface area contributed by atoms with Gasteiger partial charge in [0, 0.05) is 18.0 Å². The molecule has 0 fully saturated rings. The molecule has 1 aromatic carbocycles. The molecule has 0 atom stereocenters. The number of carbonyl (C=O) groups excluding carboxylic acids is 2. The number of ether oxygens (including phenoxy) is 1. The van der Waals surface area contributed by atoms with Crippen molar-refractivity contribution in [2.75, 3.05) is 6.61 Å². The summed E-state index contributed by atoms with van der Waals surface area (Å²) in [6.07, 6.45) is 7.85. The Bertz CT molecular complexity index is 833. The molecule has 2 aromatic rings. The average Bonchev–Trinajstić information content (AvgIpc) is 3.11. The number of nitrogens with zero attached hydrogens (tertiary/aromatic N) is 2. The van der Waals surface area contributed by atoms with E-state index >= 15 is 0 Å². The van der Waals surface area contributed by atoms with Crippen molar-refractivity contribution >= 4 is 17.6 Å². The summed E-state index contributed by atoms with van der Waals surface area (Å²) < 4.78 is 7.87. The smallest absolute Gasteiger partial charge is 0.237 e. The molecule has 0 bridgehead atoms. The van der Waals surface area contributed by atoms with Gasteiger partial charge in [-0.05, 0) is 29.5 Å². The van der Waals surface area contributed by atoms with Gasteiger partial charge in [0.2, 0.25) is 11.6 Å². The Morgan fingerprint density at radius 3 is 2.64 bits per heavy atom. The number of Topliss-reactive ketones (excluding diaryl/α,β-unsaturated/α-hetero) is 2. The van der Waals surface area contributed by atoms with Crippen LogP contribution in [0.5, 0.6) is 5.75 Å². The first-order chi connectivity index (χ1) is 12.0. The fourth-order valence-electron chi connectivity index (χ4n) is 3.02. The monoisotopic (exact) mass is 338 g/mol. The summed E-state index contributed by atoms with van der Waals surface area (Å²) in [4.78, 5) is 29.2. The van der Waals surface area contributed by atoms with Crippen LogP contribution in [-0.2, 0) is 17.8 Å². The number of fused-ring (bicyclic) bond motifs is 1. The second-order valence-electron chi connectivity index (χ2n) is 6.43. The van der Waals surface area contributed by atoms with E-state index in [-0.39, 0.29) is 5.92 Å². The SMILES string of the molecule is CCc1ccc2c(c1OCCn1ccnc1)C(=O)C(=O)C(C(C)C)=C2. The molecule has 1 heterocycles. The lowest BCUT2D eigenvalue weighted by Crippen LogP contribution is -2.25. The first-order valence-corrected chi connectivity index (χ1v) is 8.58. The number of aromatic nitrogens is 2. The molecule has 1 aliphatic carbocycles. The molecule has 0 saturated carbocycles. The quantitative estimate of drug-likeness (QED) is 0.758. The zero-order valence-corrected chi connectivity index (χ0v) is 14.8. The molecule has 5 nitrogen and oxygen atoms in total. The van der Waals surface area contributed by atoms with Crippen molar-refractivity contribution in [2.24, 2.45) is 5.92 Å². The van der Waals surface area contributed by atoms with Crippen molar-refractivity contribution in [1.82, 2.24) is 9.55 Å². The number of rotatable bonds is 6. The standard InChI is InChI=1S/C20H22N2O3/c1-4-14-5-6-15-11-16(13(2)3)18(23)19(24)17(15)20(14)25-10-9-22-8-7-21-12-22/h5-8,11-13H,4,9-10H2,1-3H3. The van der Waals surface area contributed by atoms with Gasteiger partial charge >= 0.3 is 0 Å². The van der Waals surface area contributed by atoms with Gasteiger partial charge < -0.3 is 9.30 Å². The molecule has 0 saturated heterocycles. The largest absolute Gasteiger partial charge is 0.491 e. The van der Waals surface area contributed by atoms with Gasteiger partial charge in [0.15, 0.2) is 0 Å². The number of benzene rings is 1. The summed E-state index contributed by atoms with van der Waals surface area (Å²) in [6.45, 7) is 6.88. The summed E-state index contributed by atoms with van der Waals surface area (Å²) in [5, 5.41) is 0. The van der Waals surface area contributed by atoms with Gasteiger partial charge in [-0.25, -0.2) is 4.98 Å². The van der Waals surface area contributed by atoms with Crippen LogP contribution in [0.4, 0.5) is 0 Å². The van der Waals surface area contributed by atoms with Gasteiger partial charge in [-0.3, -0.25) is 9.59 Å². The second-order valence-corrected chi connectivity index (χ2v) is 6.43. The van der Waals surface area contributed by atoms with Crippen LogP contribution >= 0.6 is 0 Å². The van der Waals surface area contributed by atoms with Gasteiger partial charge in [0.1, 0.15) is 12.4 Å². The van der Waals surface area contributed by atoms with Crippen molar-refractivity contribution < 1.29 is 14.3 Å². The number of hydrogen-bond acceptors (Lipinski definition) is 4. The van der Waals surface area contributed by atoms with Crippen LogP contribution in [0.1, 0.15) is 42.3 Å².